The number of methoxy groups -OCH3 is 1. The SMILES string of the molecule is COc1ccc(-c2noc([C@H]3CCCN3Cc3ccc(N([O-])O)cc3)n2)cn1. The molecule has 0 radical (unpaired) electrons. The minimum atomic E-state index is -0.142. The van der Waals surface area contributed by atoms with Crippen molar-refractivity contribution in [2.45, 2.75) is 25.4 Å². The molecule has 0 saturated carbocycles. The highest BCUT2D eigenvalue weighted by Gasteiger charge is 2.30. The quantitative estimate of drug-likeness (QED) is 0.642. The zero-order chi connectivity index (χ0) is 19.5. The Labute approximate surface area is 161 Å². The summed E-state index contributed by atoms with van der Waals surface area (Å²) >= 11 is 0. The highest BCUT2D eigenvalue weighted by Crippen LogP contribution is 2.33. The molecule has 0 bridgehead atoms. The molecule has 1 fully saturated rings. The number of nitrogens with zero attached hydrogens (tertiary/aromatic N) is 5. The third-order valence-corrected chi connectivity index (χ3v) is 4.84. The number of rotatable bonds is 6. The summed E-state index contributed by atoms with van der Waals surface area (Å²) in [5, 5.41) is 23.8. The maximum absolute atomic E-state index is 10.9. The molecule has 9 heteroatoms. The molecule has 0 spiro atoms. The van der Waals surface area contributed by atoms with Gasteiger partial charge < -0.3 is 19.7 Å². The van der Waals surface area contributed by atoms with Crippen molar-refractivity contribution in [2.75, 3.05) is 18.9 Å². The number of aromatic nitrogens is 3. The van der Waals surface area contributed by atoms with Crippen LogP contribution in [-0.2, 0) is 6.54 Å². The van der Waals surface area contributed by atoms with Gasteiger partial charge in [0.2, 0.25) is 17.6 Å². The summed E-state index contributed by atoms with van der Waals surface area (Å²) in [4.78, 5) is 11.0. The van der Waals surface area contributed by atoms with Crippen molar-refractivity contribution in [3.05, 3.63) is 59.3 Å². The van der Waals surface area contributed by atoms with Crippen LogP contribution in [0.25, 0.3) is 11.4 Å². The van der Waals surface area contributed by atoms with Crippen molar-refractivity contribution >= 4 is 5.69 Å². The van der Waals surface area contributed by atoms with Crippen molar-refractivity contribution in [1.29, 1.82) is 0 Å². The van der Waals surface area contributed by atoms with Gasteiger partial charge in [-0.25, -0.2) is 4.98 Å². The topological polar surface area (TPSA) is 111 Å². The van der Waals surface area contributed by atoms with Crippen molar-refractivity contribution in [2.24, 2.45) is 0 Å². The van der Waals surface area contributed by atoms with E-state index in [-0.39, 0.29) is 17.0 Å². The Kier molecular flexibility index (Phi) is 5.20. The Hall–Kier alpha value is -3.01. The Morgan fingerprint density at radius 2 is 2.11 bits per heavy atom. The summed E-state index contributed by atoms with van der Waals surface area (Å²) in [5.74, 6) is 1.61. The number of hydrogen-bond donors (Lipinski definition) is 1. The Morgan fingerprint density at radius 1 is 1.29 bits per heavy atom. The molecule has 0 aliphatic carbocycles. The molecule has 1 aliphatic rings. The summed E-state index contributed by atoms with van der Waals surface area (Å²) in [7, 11) is 1.57. The van der Waals surface area contributed by atoms with E-state index < -0.39 is 0 Å². The van der Waals surface area contributed by atoms with Crippen LogP contribution in [0.15, 0.2) is 47.1 Å². The predicted molar refractivity (Wildman–Crippen MR) is 101 cm³/mol. The monoisotopic (exact) mass is 382 g/mol. The van der Waals surface area contributed by atoms with Crippen LogP contribution >= 0.6 is 0 Å². The van der Waals surface area contributed by atoms with Gasteiger partial charge in [-0.1, -0.05) is 17.3 Å². The fourth-order valence-corrected chi connectivity index (χ4v) is 3.38. The van der Waals surface area contributed by atoms with Gasteiger partial charge in [-0.05, 0) is 43.1 Å². The van der Waals surface area contributed by atoms with E-state index in [1.165, 1.54) is 0 Å². The van der Waals surface area contributed by atoms with Gasteiger partial charge in [-0.3, -0.25) is 10.1 Å². The number of likely N-dealkylation sites (tertiary alicyclic amines) is 1. The Balaban J connectivity index is 1.48. The van der Waals surface area contributed by atoms with Crippen molar-refractivity contribution in [1.82, 2.24) is 20.0 Å². The van der Waals surface area contributed by atoms with Crippen LogP contribution in [0.2, 0.25) is 0 Å². The van der Waals surface area contributed by atoms with Gasteiger partial charge in [0.05, 0.1) is 18.8 Å². The fourth-order valence-electron chi connectivity index (χ4n) is 3.38. The highest BCUT2D eigenvalue weighted by molar-refractivity contribution is 5.53. The van der Waals surface area contributed by atoms with Crippen LogP contribution in [0, 0.1) is 5.21 Å². The zero-order valence-electron chi connectivity index (χ0n) is 15.4. The molecule has 1 N–H and O–H groups in total. The van der Waals surface area contributed by atoms with Gasteiger partial charge in [0.15, 0.2) is 0 Å². The van der Waals surface area contributed by atoms with Crippen LogP contribution in [-0.4, -0.2) is 38.9 Å². The van der Waals surface area contributed by atoms with Crippen LogP contribution in [0.4, 0.5) is 5.69 Å². The number of ether oxygens (including phenoxy) is 1. The maximum atomic E-state index is 10.9. The molecular formula is C19H20N5O4-. The molecule has 146 valence electrons. The van der Waals surface area contributed by atoms with Crippen LogP contribution in [0.5, 0.6) is 5.88 Å². The fraction of sp³-hybridized carbons (Fsp3) is 0.316. The lowest BCUT2D eigenvalue weighted by molar-refractivity contribution is 0.201. The van der Waals surface area contributed by atoms with E-state index in [4.69, 9.17) is 14.5 Å². The summed E-state index contributed by atoms with van der Waals surface area (Å²) in [6.45, 7) is 1.61. The van der Waals surface area contributed by atoms with Gasteiger partial charge in [-0.15, -0.1) is 0 Å². The van der Waals surface area contributed by atoms with Gasteiger partial charge in [-0.2, -0.15) is 4.98 Å². The second-order valence-electron chi connectivity index (χ2n) is 6.61. The first kappa shape index (κ1) is 18.4. The minimum absolute atomic E-state index is 0.0426. The molecule has 0 unspecified atom stereocenters. The van der Waals surface area contributed by atoms with Crippen molar-refractivity contribution in [3.63, 3.8) is 0 Å². The van der Waals surface area contributed by atoms with Gasteiger partial charge in [0, 0.05) is 24.4 Å². The first-order chi connectivity index (χ1) is 13.6. The first-order valence-electron chi connectivity index (χ1n) is 8.97. The number of pyridine rings is 1. The average Bonchev–Trinajstić information content (AvgIpc) is 3.38. The van der Waals surface area contributed by atoms with E-state index in [9.17, 15) is 5.21 Å². The van der Waals surface area contributed by atoms with Crippen molar-refractivity contribution in [3.8, 4) is 17.3 Å². The predicted octanol–water partition coefficient (Wildman–Crippen LogP) is 3.17. The Bertz CT molecular complexity index is 911. The standard InChI is InChI=1S/C19H20N5O4/c1-27-17-9-6-14(11-20-17)18-21-19(28-22-18)16-3-2-10-23(16)12-13-4-7-15(8-5-13)24(25)26/h4-9,11,16,25H,2-3,10,12H2,1H3/q-1/t16-/m1/s1. The van der Waals surface area contributed by atoms with Gasteiger partial charge >= 0.3 is 0 Å². The highest BCUT2D eigenvalue weighted by atomic mass is 16.8. The van der Waals surface area contributed by atoms with Crippen LogP contribution in [0.1, 0.15) is 30.3 Å². The summed E-state index contributed by atoms with van der Waals surface area (Å²) in [6, 6.07) is 10.5. The smallest absolute Gasteiger partial charge is 0.244 e. The molecule has 1 saturated heterocycles. The van der Waals surface area contributed by atoms with Crippen LogP contribution in [0.3, 0.4) is 0 Å². The molecule has 1 aromatic carbocycles. The third-order valence-electron chi connectivity index (χ3n) is 4.84. The second-order valence-corrected chi connectivity index (χ2v) is 6.61. The number of benzene rings is 1. The summed E-state index contributed by atoms with van der Waals surface area (Å²) in [6.07, 6.45) is 3.63. The molecule has 1 aliphatic heterocycles. The van der Waals surface area contributed by atoms with Gasteiger partial charge in [0.1, 0.15) is 0 Å². The lowest BCUT2D eigenvalue weighted by Crippen LogP contribution is -2.23. The zero-order valence-corrected chi connectivity index (χ0v) is 15.4. The molecule has 9 nitrogen and oxygen atoms in total. The normalized spacial score (nSPS) is 17.0. The van der Waals surface area contributed by atoms with Crippen molar-refractivity contribution < 1.29 is 14.5 Å². The molecule has 3 heterocycles. The molecule has 1 atom stereocenters. The lowest BCUT2D eigenvalue weighted by Gasteiger charge is -2.23. The van der Waals surface area contributed by atoms with E-state index in [1.807, 2.05) is 18.2 Å². The van der Waals surface area contributed by atoms with E-state index in [1.54, 1.807) is 31.5 Å². The average molecular weight is 382 g/mol. The Morgan fingerprint density at radius 3 is 2.79 bits per heavy atom. The van der Waals surface area contributed by atoms with Gasteiger partial charge in [0.25, 0.3) is 0 Å². The van der Waals surface area contributed by atoms with E-state index in [0.29, 0.717) is 24.1 Å². The molecule has 4 rings (SSSR count). The van der Waals surface area contributed by atoms with E-state index >= 15 is 0 Å². The molecule has 0 amide bonds. The third kappa shape index (κ3) is 3.81. The molecular weight excluding hydrogens is 362 g/mol. The molecule has 28 heavy (non-hydrogen) atoms. The van der Waals surface area contributed by atoms with E-state index in [2.05, 4.69) is 20.0 Å². The summed E-state index contributed by atoms with van der Waals surface area (Å²) < 4.78 is 10.6. The molecule has 3 aromatic rings. The second kappa shape index (κ2) is 7.93. The number of anilines is 1. The first-order valence-corrected chi connectivity index (χ1v) is 8.97. The van der Waals surface area contributed by atoms with Crippen LogP contribution < -0.4 is 9.96 Å². The maximum Gasteiger partial charge on any atom is 0.244 e. The number of hydrogen-bond acceptors (Lipinski definition) is 9. The minimum Gasteiger partial charge on any atom is -0.733 e. The summed E-state index contributed by atoms with van der Waals surface area (Å²) in [5.41, 5.74) is 2.01. The molecule has 2 aromatic heterocycles. The largest absolute Gasteiger partial charge is 0.733 e. The van der Waals surface area contributed by atoms with E-state index in [0.717, 1.165) is 30.5 Å². The lowest BCUT2D eigenvalue weighted by atomic mass is 10.1.